The van der Waals surface area contributed by atoms with Gasteiger partial charge in [0.25, 0.3) is 6.71 Å². The van der Waals surface area contributed by atoms with Gasteiger partial charge in [-0.25, -0.2) is 0 Å². The Morgan fingerprint density at radius 1 is 0.275 bits per heavy atom. The molecule has 16 rings (SSSR count). The van der Waals surface area contributed by atoms with Crippen molar-refractivity contribution in [2.24, 2.45) is 0 Å². The first kappa shape index (κ1) is 67.4. The largest absolute Gasteiger partial charge is 0.311 e. The van der Waals surface area contributed by atoms with Gasteiger partial charge in [-0.15, -0.1) is 0 Å². The Morgan fingerprint density at radius 2 is 0.667 bits per heavy atom. The van der Waals surface area contributed by atoms with Crippen molar-refractivity contribution in [3.8, 4) is 50.2 Å². The Morgan fingerprint density at radius 3 is 1.13 bits per heavy atom. The van der Waals surface area contributed by atoms with Crippen molar-refractivity contribution in [3.05, 3.63) is 263 Å². The van der Waals surface area contributed by atoms with Crippen molar-refractivity contribution in [3.63, 3.8) is 0 Å². The molecular weight excluding hydrogens is 1230 g/mol. The molecule has 2 aliphatic heterocycles. The van der Waals surface area contributed by atoms with Crippen molar-refractivity contribution < 1.29 is 0 Å². The van der Waals surface area contributed by atoms with Gasteiger partial charge in [-0.05, 0) is 253 Å². The SMILES string of the molecule is CC(C)(C)c1cc(-c2ccc3c(c2)B2c4ccc(-n5c6ccc(C(C)(C)C)cc6c6cc(C(C)(C)C)ccc65)cc4N(c4ccc(-c5ccc6c(c5)C(C)(C)CCC6(C)C)cc4)c4cc(-c5ccccc5)cc(c42)N3c2ccc(-c3ccc4c(c3)C(C)(C)CCC4(C)C)cc2)cc(C(C)(C)C)c1. The van der Waals surface area contributed by atoms with Gasteiger partial charge in [0.05, 0.1) is 11.0 Å². The zero-order valence-electron chi connectivity index (χ0n) is 64.5. The van der Waals surface area contributed by atoms with Crippen LogP contribution < -0.4 is 26.2 Å². The molecule has 1 aromatic heterocycles. The monoisotopic (exact) mass is 1330 g/mol. The molecule has 3 heterocycles. The summed E-state index contributed by atoms with van der Waals surface area (Å²) < 4.78 is 2.56. The highest BCUT2D eigenvalue weighted by atomic mass is 15.2. The molecular formula is C98H104BN3. The Bertz CT molecular complexity index is 5270. The molecule has 0 unspecified atom stereocenters. The lowest BCUT2D eigenvalue weighted by atomic mass is 9.33. The highest BCUT2D eigenvalue weighted by Gasteiger charge is 2.45. The van der Waals surface area contributed by atoms with Gasteiger partial charge in [0.2, 0.25) is 0 Å². The molecule has 0 fully saturated rings. The van der Waals surface area contributed by atoms with Crippen molar-refractivity contribution in [1.82, 2.24) is 4.57 Å². The van der Waals surface area contributed by atoms with Crippen LogP contribution in [0.3, 0.4) is 0 Å². The number of nitrogens with zero attached hydrogens (tertiary/aromatic N) is 3. The molecule has 11 aromatic carbocycles. The maximum Gasteiger partial charge on any atom is 0.252 e. The molecule has 0 atom stereocenters. The average Bonchev–Trinajstić information content (AvgIpc) is 0.780. The first-order valence-corrected chi connectivity index (χ1v) is 37.9. The zero-order valence-corrected chi connectivity index (χ0v) is 64.5. The molecule has 3 nitrogen and oxygen atoms in total. The molecule has 102 heavy (non-hydrogen) atoms. The molecule has 0 radical (unpaired) electrons. The van der Waals surface area contributed by atoms with E-state index < -0.39 is 0 Å². The minimum Gasteiger partial charge on any atom is -0.311 e. The smallest absolute Gasteiger partial charge is 0.252 e. The van der Waals surface area contributed by atoms with Crippen LogP contribution >= 0.6 is 0 Å². The Balaban J connectivity index is 0.968. The van der Waals surface area contributed by atoms with Crippen LogP contribution in [0.25, 0.3) is 72.0 Å². The van der Waals surface area contributed by atoms with Crippen LogP contribution in [-0.2, 0) is 43.3 Å². The van der Waals surface area contributed by atoms with Crippen molar-refractivity contribution in [2.75, 3.05) is 9.80 Å². The lowest BCUT2D eigenvalue weighted by Gasteiger charge is -2.45. The third-order valence-corrected chi connectivity index (χ3v) is 24.5. The molecule has 0 bridgehead atoms. The van der Waals surface area contributed by atoms with Gasteiger partial charge >= 0.3 is 0 Å². The molecule has 0 N–H and O–H groups in total. The third-order valence-electron chi connectivity index (χ3n) is 24.5. The summed E-state index contributed by atoms with van der Waals surface area (Å²) in [6.45, 7) is 47.5. The summed E-state index contributed by atoms with van der Waals surface area (Å²) in [6.07, 6.45) is 4.74. The fraction of sp³-hybridized carbons (Fsp3) is 0.327. The van der Waals surface area contributed by atoms with Crippen LogP contribution in [0, 0.1) is 0 Å². The first-order valence-electron chi connectivity index (χ1n) is 37.9. The van der Waals surface area contributed by atoms with E-state index in [4.69, 9.17) is 0 Å². The maximum absolute atomic E-state index is 2.64. The van der Waals surface area contributed by atoms with E-state index in [0.29, 0.717) is 0 Å². The van der Waals surface area contributed by atoms with Gasteiger partial charge in [0.1, 0.15) is 0 Å². The zero-order chi connectivity index (χ0) is 71.9. The van der Waals surface area contributed by atoms with Gasteiger partial charge in [0.15, 0.2) is 0 Å². The molecule has 0 saturated carbocycles. The summed E-state index contributed by atoms with van der Waals surface area (Å²) in [5, 5.41) is 2.57. The standard InChI is InChI=1S/C98H104BN3/c1-91(2,3)69-33-44-84-76(58-69)77-59-70(92(4,5)6)34-45-85(77)102(84)75-39-42-82-87(60-75)101(74-37-28-63(29-38-74)65-31-41-79-81(53-65)98(19,20)49-47-96(79,15)16)89-56-68(61-24-22-21-23-25-61)55-88-90(89)99(82)83-54-66(67-50-71(93(7,8)9)57-72(51-67)94(10,11)12)32-43-86(83)100(88)73-35-26-62(27-36-73)64-30-40-78-80(52-64)97(17,18)48-46-95(78,13)14/h21-45,50-60H,46-49H2,1-20H3. The van der Waals surface area contributed by atoms with Crippen molar-refractivity contribution >= 4 is 79.0 Å². The topological polar surface area (TPSA) is 11.4 Å². The third kappa shape index (κ3) is 11.3. The van der Waals surface area contributed by atoms with Gasteiger partial charge in [-0.1, -0.05) is 278 Å². The van der Waals surface area contributed by atoms with Crippen LogP contribution in [0.5, 0.6) is 0 Å². The number of benzene rings is 11. The molecule has 4 heteroatoms. The van der Waals surface area contributed by atoms with Crippen LogP contribution in [0.15, 0.2) is 218 Å². The quantitative estimate of drug-likeness (QED) is 0.147. The van der Waals surface area contributed by atoms with Crippen LogP contribution in [0.2, 0.25) is 0 Å². The average molecular weight is 1330 g/mol. The van der Waals surface area contributed by atoms with Gasteiger partial charge < -0.3 is 14.4 Å². The van der Waals surface area contributed by atoms with E-state index in [-0.39, 0.29) is 50.0 Å². The highest BCUT2D eigenvalue weighted by Crippen LogP contribution is 2.52. The molecule has 0 saturated heterocycles. The summed E-state index contributed by atoms with van der Waals surface area (Å²) in [4.78, 5) is 5.26. The fourth-order valence-corrected chi connectivity index (χ4v) is 17.7. The van der Waals surface area contributed by atoms with Crippen molar-refractivity contribution in [2.45, 2.75) is 207 Å². The minimum atomic E-state index is -0.147. The summed E-state index contributed by atoms with van der Waals surface area (Å²) in [5.74, 6) is 0. The first-order chi connectivity index (χ1) is 48.0. The van der Waals surface area contributed by atoms with E-state index >= 15 is 0 Å². The summed E-state index contributed by atoms with van der Waals surface area (Å²) in [6, 6.07) is 86.8. The number of aromatic nitrogens is 1. The predicted molar refractivity (Wildman–Crippen MR) is 442 cm³/mol. The van der Waals surface area contributed by atoms with E-state index in [9.17, 15) is 0 Å². The second-order valence-corrected chi connectivity index (χ2v) is 37.7. The number of hydrogen-bond donors (Lipinski definition) is 0. The van der Waals surface area contributed by atoms with Gasteiger partial charge in [-0.2, -0.15) is 0 Å². The normalized spacial score (nSPS) is 16.5. The van der Waals surface area contributed by atoms with Crippen LogP contribution in [0.4, 0.5) is 34.1 Å². The van der Waals surface area contributed by atoms with Crippen LogP contribution in [0.1, 0.15) is 209 Å². The number of anilines is 6. The summed E-state index contributed by atoms with van der Waals surface area (Å²) in [5.41, 5.74) is 35.8. The fourth-order valence-electron chi connectivity index (χ4n) is 17.7. The minimum absolute atomic E-state index is 0.0267. The van der Waals surface area contributed by atoms with E-state index in [0.717, 1.165) is 17.1 Å². The molecule has 12 aromatic rings. The molecule has 2 aliphatic carbocycles. The van der Waals surface area contributed by atoms with E-state index in [1.54, 1.807) is 0 Å². The lowest BCUT2D eigenvalue weighted by Crippen LogP contribution is -2.61. The number of rotatable bonds is 7. The van der Waals surface area contributed by atoms with Gasteiger partial charge in [0, 0.05) is 50.6 Å². The summed E-state index contributed by atoms with van der Waals surface area (Å²) >= 11 is 0. The second-order valence-electron chi connectivity index (χ2n) is 37.7. The molecule has 0 amide bonds. The number of hydrogen-bond acceptors (Lipinski definition) is 2. The number of fused-ring (bicyclic) bond motifs is 9. The second kappa shape index (κ2) is 23.2. The maximum atomic E-state index is 2.64. The van der Waals surface area contributed by atoms with E-state index in [1.807, 2.05) is 0 Å². The van der Waals surface area contributed by atoms with Gasteiger partial charge in [-0.3, -0.25) is 0 Å². The molecule has 4 aliphatic rings. The molecule has 514 valence electrons. The van der Waals surface area contributed by atoms with E-state index in [1.165, 1.54) is 176 Å². The van der Waals surface area contributed by atoms with Crippen LogP contribution in [-0.4, -0.2) is 11.3 Å². The predicted octanol–water partition coefficient (Wildman–Crippen LogP) is 25.4. The Kier molecular flexibility index (Phi) is 15.3. The van der Waals surface area contributed by atoms with E-state index in [2.05, 4.69) is 371 Å². The summed E-state index contributed by atoms with van der Waals surface area (Å²) in [7, 11) is 0. The Labute approximate surface area is 610 Å². The highest BCUT2D eigenvalue weighted by molar-refractivity contribution is 7.00. The Hall–Kier alpha value is -9.12. The lowest BCUT2D eigenvalue weighted by molar-refractivity contribution is 0.332. The van der Waals surface area contributed by atoms with Crippen molar-refractivity contribution in [1.29, 1.82) is 0 Å². The molecule has 0 spiro atoms.